The zero-order chi connectivity index (χ0) is 19.3. The highest BCUT2D eigenvalue weighted by Crippen LogP contribution is 2.08. The van der Waals surface area contributed by atoms with Gasteiger partial charge in [-0.15, -0.1) is 0 Å². The molecule has 27 heavy (non-hydrogen) atoms. The topological polar surface area (TPSA) is 96.1 Å². The highest BCUT2D eigenvalue weighted by atomic mass is 32.2. The van der Waals surface area contributed by atoms with Crippen molar-refractivity contribution in [3.8, 4) is 0 Å². The third-order valence-electron chi connectivity index (χ3n) is 4.18. The lowest BCUT2D eigenvalue weighted by Crippen LogP contribution is -2.30. The average molecular weight is 384 g/mol. The molecule has 0 radical (unpaired) electrons. The van der Waals surface area contributed by atoms with Crippen LogP contribution in [0.3, 0.4) is 0 Å². The number of pyridine rings is 1. The fourth-order valence-corrected chi connectivity index (χ4v) is 4.25. The van der Waals surface area contributed by atoms with Gasteiger partial charge in [0.2, 0.25) is 5.43 Å². The number of amides is 1. The van der Waals surface area contributed by atoms with Crippen molar-refractivity contribution < 1.29 is 13.2 Å². The number of H-pyrrole nitrogens is 1. The van der Waals surface area contributed by atoms with Gasteiger partial charge < -0.3 is 10.3 Å². The summed E-state index contributed by atoms with van der Waals surface area (Å²) < 4.78 is 24.3. The maximum absolute atomic E-state index is 12.4. The number of aromatic amines is 1. The summed E-state index contributed by atoms with van der Waals surface area (Å²) in [5, 5.41) is 3.06. The Morgan fingerprint density at radius 2 is 1.70 bits per heavy atom. The standard InChI is InChI=1S/C20H20N2O4S/c23-19-16-9-4-5-10-18(16)22-13-17(19)20(24)21-11-6-12-27(25,26)14-15-7-2-1-3-8-15/h1-5,7-10,13H,6,11-12,14H2,(H,21,24)(H,22,23). The minimum Gasteiger partial charge on any atom is -0.360 e. The number of carbonyl (C=O) groups excluding carboxylic acids is 1. The number of aromatic nitrogens is 1. The van der Waals surface area contributed by atoms with Crippen LogP contribution in [-0.2, 0) is 15.6 Å². The third-order valence-corrected chi connectivity index (χ3v) is 5.86. The minimum absolute atomic E-state index is 0.0147. The molecule has 0 bridgehead atoms. The van der Waals surface area contributed by atoms with Crippen LogP contribution in [0.4, 0.5) is 0 Å². The Labute approximate surface area is 157 Å². The first-order valence-corrected chi connectivity index (χ1v) is 10.4. The van der Waals surface area contributed by atoms with Crippen molar-refractivity contribution in [1.29, 1.82) is 0 Å². The Kier molecular flexibility index (Phi) is 5.71. The summed E-state index contributed by atoms with van der Waals surface area (Å²) >= 11 is 0. The quantitative estimate of drug-likeness (QED) is 0.611. The van der Waals surface area contributed by atoms with Gasteiger partial charge in [0.1, 0.15) is 5.56 Å². The van der Waals surface area contributed by atoms with Crippen LogP contribution in [0, 0.1) is 0 Å². The molecule has 1 amide bonds. The highest BCUT2D eigenvalue weighted by Gasteiger charge is 2.14. The zero-order valence-electron chi connectivity index (χ0n) is 14.6. The van der Waals surface area contributed by atoms with Crippen LogP contribution in [0.5, 0.6) is 0 Å². The fraction of sp³-hybridized carbons (Fsp3) is 0.200. The van der Waals surface area contributed by atoms with Gasteiger partial charge in [-0.3, -0.25) is 9.59 Å². The van der Waals surface area contributed by atoms with Crippen LogP contribution in [0.2, 0.25) is 0 Å². The van der Waals surface area contributed by atoms with Crippen molar-refractivity contribution in [1.82, 2.24) is 10.3 Å². The molecular formula is C20H20N2O4S. The number of benzene rings is 2. The lowest BCUT2D eigenvalue weighted by Gasteiger charge is -2.07. The lowest BCUT2D eigenvalue weighted by molar-refractivity contribution is 0.0952. The van der Waals surface area contributed by atoms with E-state index >= 15 is 0 Å². The molecule has 0 aliphatic carbocycles. The third kappa shape index (κ3) is 4.83. The number of rotatable bonds is 7. The molecule has 1 heterocycles. The maximum atomic E-state index is 12.4. The van der Waals surface area contributed by atoms with Gasteiger partial charge in [-0.05, 0) is 24.1 Å². The lowest BCUT2D eigenvalue weighted by atomic mass is 10.1. The van der Waals surface area contributed by atoms with Crippen LogP contribution in [0.1, 0.15) is 22.3 Å². The van der Waals surface area contributed by atoms with E-state index in [-0.39, 0.29) is 35.5 Å². The monoisotopic (exact) mass is 384 g/mol. The van der Waals surface area contributed by atoms with Crippen LogP contribution in [0.25, 0.3) is 10.9 Å². The molecule has 0 atom stereocenters. The Bertz CT molecular complexity index is 1110. The SMILES string of the molecule is O=C(NCCCS(=O)(=O)Cc1ccccc1)c1c[nH]c2ccccc2c1=O. The van der Waals surface area contributed by atoms with Crippen molar-refractivity contribution in [2.45, 2.75) is 12.2 Å². The summed E-state index contributed by atoms with van der Waals surface area (Å²) in [5.41, 5.74) is 1.06. The molecule has 1 aromatic heterocycles. The normalized spacial score (nSPS) is 11.4. The van der Waals surface area contributed by atoms with Gasteiger partial charge >= 0.3 is 0 Å². The summed E-state index contributed by atoms with van der Waals surface area (Å²) in [6.07, 6.45) is 1.67. The summed E-state index contributed by atoms with van der Waals surface area (Å²) in [7, 11) is -3.25. The summed E-state index contributed by atoms with van der Waals surface area (Å²) in [4.78, 5) is 27.6. The molecule has 0 saturated heterocycles. The maximum Gasteiger partial charge on any atom is 0.256 e. The number of fused-ring (bicyclic) bond motifs is 1. The smallest absolute Gasteiger partial charge is 0.256 e. The van der Waals surface area contributed by atoms with Gasteiger partial charge in [0.15, 0.2) is 9.84 Å². The van der Waals surface area contributed by atoms with E-state index in [0.717, 1.165) is 5.56 Å². The van der Waals surface area contributed by atoms with Gasteiger partial charge in [-0.25, -0.2) is 8.42 Å². The molecule has 6 nitrogen and oxygen atoms in total. The largest absolute Gasteiger partial charge is 0.360 e. The first kappa shape index (κ1) is 18.8. The van der Waals surface area contributed by atoms with Crippen LogP contribution in [-0.4, -0.2) is 31.6 Å². The van der Waals surface area contributed by atoms with Gasteiger partial charge in [-0.1, -0.05) is 42.5 Å². The molecule has 2 N–H and O–H groups in total. The van der Waals surface area contributed by atoms with Crippen molar-refractivity contribution in [2.24, 2.45) is 0 Å². The molecule has 0 unspecified atom stereocenters. The number of hydrogen-bond donors (Lipinski definition) is 2. The fourth-order valence-electron chi connectivity index (χ4n) is 2.83. The second-order valence-corrected chi connectivity index (χ2v) is 8.45. The van der Waals surface area contributed by atoms with Crippen molar-refractivity contribution in [2.75, 3.05) is 12.3 Å². The van der Waals surface area contributed by atoms with Crippen LogP contribution >= 0.6 is 0 Å². The molecule has 0 saturated carbocycles. The molecule has 3 rings (SSSR count). The van der Waals surface area contributed by atoms with Gasteiger partial charge in [0.05, 0.1) is 11.5 Å². The van der Waals surface area contributed by atoms with Crippen LogP contribution < -0.4 is 10.7 Å². The van der Waals surface area contributed by atoms with E-state index in [9.17, 15) is 18.0 Å². The van der Waals surface area contributed by atoms with Crippen LogP contribution in [0.15, 0.2) is 65.6 Å². The van der Waals surface area contributed by atoms with E-state index in [1.54, 1.807) is 48.5 Å². The second-order valence-electron chi connectivity index (χ2n) is 6.26. The molecule has 2 aromatic carbocycles. The van der Waals surface area contributed by atoms with Gasteiger partial charge in [0, 0.05) is 23.6 Å². The zero-order valence-corrected chi connectivity index (χ0v) is 15.5. The Hall–Kier alpha value is -2.93. The predicted octanol–water partition coefficient (Wildman–Crippen LogP) is 2.26. The van der Waals surface area contributed by atoms with Crippen molar-refractivity contribution >= 4 is 26.6 Å². The minimum atomic E-state index is -3.25. The molecule has 3 aromatic rings. The molecular weight excluding hydrogens is 364 g/mol. The number of hydrogen-bond acceptors (Lipinski definition) is 4. The van der Waals surface area contributed by atoms with E-state index in [2.05, 4.69) is 10.3 Å². The van der Waals surface area contributed by atoms with Gasteiger partial charge in [0.25, 0.3) is 5.91 Å². The van der Waals surface area contributed by atoms with E-state index in [1.165, 1.54) is 6.20 Å². The molecule has 0 aliphatic heterocycles. The molecule has 7 heteroatoms. The van der Waals surface area contributed by atoms with Crippen molar-refractivity contribution in [3.63, 3.8) is 0 Å². The summed E-state index contributed by atoms with van der Waals surface area (Å²) in [6.45, 7) is 0.180. The first-order chi connectivity index (χ1) is 13.0. The molecule has 0 fully saturated rings. The second kappa shape index (κ2) is 8.18. The summed E-state index contributed by atoms with van der Waals surface area (Å²) in [5.74, 6) is -0.565. The molecule has 0 aliphatic rings. The predicted molar refractivity (Wildman–Crippen MR) is 105 cm³/mol. The van der Waals surface area contributed by atoms with E-state index < -0.39 is 15.7 Å². The number of sulfone groups is 1. The van der Waals surface area contributed by atoms with E-state index in [4.69, 9.17) is 0 Å². The van der Waals surface area contributed by atoms with Crippen molar-refractivity contribution in [3.05, 3.63) is 82.1 Å². The molecule has 0 spiro atoms. The van der Waals surface area contributed by atoms with E-state index in [1.807, 2.05) is 6.07 Å². The highest BCUT2D eigenvalue weighted by molar-refractivity contribution is 7.90. The number of nitrogens with one attached hydrogen (secondary N) is 2. The summed E-state index contributed by atoms with van der Waals surface area (Å²) in [6, 6.07) is 15.9. The Morgan fingerprint density at radius 1 is 1.00 bits per heavy atom. The Morgan fingerprint density at radius 3 is 2.48 bits per heavy atom. The number of carbonyl (C=O) groups is 1. The van der Waals surface area contributed by atoms with Gasteiger partial charge in [-0.2, -0.15) is 0 Å². The Balaban J connectivity index is 1.56. The average Bonchev–Trinajstić information content (AvgIpc) is 2.66. The first-order valence-electron chi connectivity index (χ1n) is 8.59. The van der Waals surface area contributed by atoms with E-state index in [0.29, 0.717) is 10.9 Å². The number of para-hydroxylation sites is 1. The molecule has 140 valence electrons.